The topological polar surface area (TPSA) is 65.4 Å². The van der Waals surface area contributed by atoms with Crippen LogP contribution in [0.1, 0.15) is 56.0 Å². The highest BCUT2D eigenvalue weighted by atomic mass is 19.1. The third kappa shape index (κ3) is 6.43. The van der Waals surface area contributed by atoms with Gasteiger partial charge in [0.15, 0.2) is 11.6 Å². The fourth-order valence-corrected chi connectivity index (χ4v) is 4.73. The molecule has 0 aliphatic rings. The predicted octanol–water partition coefficient (Wildman–Crippen LogP) is 6.72. The van der Waals surface area contributed by atoms with Crippen LogP contribution in [0.3, 0.4) is 0 Å². The van der Waals surface area contributed by atoms with Crippen LogP contribution >= 0.6 is 0 Å². The molecular weight excluding hydrogens is 512 g/mol. The summed E-state index contributed by atoms with van der Waals surface area (Å²) in [7, 11) is 3.13. The van der Waals surface area contributed by atoms with E-state index in [1.54, 1.807) is 20.3 Å². The van der Waals surface area contributed by atoms with Crippen LogP contribution in [0, 0.1) is 17.6 Å². The number of aromatic nitrogens is 2. The molecule has 0 saturated carbocycles. The minimum absolute atomic E-state index is 0.0269. The van der Waals surface area contributed by atoms with Gasteiger partial charge in [0, 0.05) is 18.7 Å². The number of fused-ring (bicyclic) bond motifs is 1. The van der Waals surface area contributed by atoms with E-state index in [1.807, 2.05) is 50.2 Å². The first-order valence-electron chi connectivity index (χ1n) is 13.6. The summed E-state index contributed by atoms with van der Waals surface area (Å²) in [5.74, 6) is 0.183. The lowest BCUT2D eigenvalue weighted by molar-refractivity contribution is 0.393. The summed E-state index contributed by atoms with van der Waals surface area (Å²) in [4.78, 5) is 17.9. The molecule has 3 aromatic carbocycles. The molecule has 0 saturated heterocycles. The van der Waals surface area contributed by atoms with Crippen LogP contribution < -0.4 is 20.3 Å². The Kier molecular flexibility index (Phi) is 9.07. The molecule has 1 aromatic heterocycles. The number of nitrogens with one attached hydrogen (secondary N) is 1. The summed E-state index contributed by atoms with van der Waals surface area (Å²) < 4.78 is 43.3. The molecule has 0 bridgehead atoms. The van der Waals surface area contributed by atoms with Gasteiger partial charge in [-0.25, -0.2) is 13.8 Å². The van der Waals surface area contributed by atoms with Crippen LogP contribution in [0.4, 0.5) is 14.5 Å². The molecule has 0 fully saturated rings. The van der Waals surface area contributed by atoms with E-state index in [1.165, 1.54) is 16.2 Å². The maximum Gasteiger partial charge on any atom is 0.273 e. The van der Waals surface area contributed by atoms with Crippen LogP contribution in [0.5, 0.6) is 11.5 Å². The molecule has 4 aromatic rings. The van der Waals surface area contributed by atoms with Crippen molar-refractivity contribution in [2.24, 2.45) is 5.92 Å². The summed E-state index contributed by atoms with van der Waals surface area (Å²) in [6, 6.07) is 14.6. The molecule has 0 atom stereocenters. The number of halogens is 2. The maximum absolute atomic E-state index is 15.9. The number of anilines is 1. The van der Waals surface area contributed by atoms with E-state index >= 15 is 8.78 Å². The van der Waals surface area contributed by atoms with Gasteiger partial charge >= 0.3 is 0 Å². The number of nitrogens with zero attached hydrogens (tertiary/aromatic N) is 2. The Bertz CT molecular complexity index is 1520. The van der Waals surface area contributed by atoms with E-state index in [-0.39, 0.29) is 47.0 Å². The molecule has 1 N–H and O–H groups in total. The summed E-state index contributed by atoms with van der Waals surface area (Å²) in [5, 5.41) is 2.90. The number of ether oxygens (including phenoxy) is 2. The molecule has 0 aliphatic carbocycles. The zero-order valence-corrected chi connectivity index (χ0v) is 24.0. The highest BCUT2D eigenvalue weighted by Gasteiger charge is 2.21. The molecule has 0 aliphatic heterocycles. The molecule has 8 heteroatoms. The molecule has 0 radical (unpaired) electrons. The molecule has 6 nitrogen and oxygen atoms in total. The second-order valence-corrected chi connectivity index (χ2v) is 10.8. The number of hydrogen-bond donors (Lipinski definition) is 1. The van der Waals surface area contributed by atoms with Crippen molar-refractivity contribution in [1.82, 2.24) is 9.55 Å². The Balaban J connectivity index is 1.70. The van der Waals surface area contributed by atoms with Crippen molar-refractivity contribution in [1.29, 1.82) is 0 Å². The second kappa shape index (κ2) is 12.5. The lowest BCUT2D eigenvalue weighted by Crippen LogP contribution is -2.28. The van der Waals surface area contributed by atoms with Gasteiger partial charge in [-0.1, -0.05) is 52.0 Å². The van der Waals surface area contributed by atoms with Crippen LogP contribution in [0.2, 0.25) is 0 Å². The molecule has 0 amide bonds. The van der Waals surface area contributed by atoms with E-state index in [0.717, 1.165) is 11.1 Å². The molecular formula is C32H37F2N3O3. The zero-order chi connectivity index (χ0) is 29.0. The molecule has 4 rings (SSSR count). The number of benzene rings is 3. The van der Waals surface area contributed by atoms with Crippen molar-refractivity contribution in [2.45, 2.75) is 53.0 Å². The van der Waals surface area contributed by atoms with E-state index in [9.17, 15) is 4.79 Å². The van der Waals surface area contributed by atoms with Crippen LogP contribution in [-0.2, 0) is 19.4 Å². The second-order valence-electron chi connectivity index (χ2n) is 10.8. The molecule has 0 unspecified atom stereocenters. The predicted molar refractivity (Wildman–Crippen MR) is 156 cm³/mol. The first-order chi connectivity index (χ1) is 19.1. The monoisotopic (exact) mass is 549 g/mol. The Labute approximate surface area is 234 Å². The van der Waals surface area contributed by atoms with Gasteiger partial charge in [-0.05, 0) is 53.5 Å². The highest BCUT2D eigenvalue weighted by molar-refractivity contribution is 5.81. The molecule has 0 spiro atoms. The van der Waals surface area contributed by atoms with Crippen LogP contribution in [-0.4, -0.2) is 30.3 Å². The van der Waals surface area contributed by atoms with Gasteiger partial charge < -0.3 is 19.4 Å². The zero-order valence-electron chi connectivity index (χ0n) is 24.0. The molecule has 212 valence electrons. The Morgan fingerprint density at radius 2 is 1.57 bits per heavy atom. The van der Waals surface area contributed by atoms with Gasteiger partial charge in [-0.3, -0.25) is 4.79 Å². The Morgan fingerprint density at radius 3 is 2.15 bits per heavy atom. The minimum Gasteiger partial charge on any atom is -0.497 e. The fourth-order valence-electron chi connectivity index (χ4n) is 4.73. The van der Waals surface area contributed by atoms with Gasteiger partial charge in [-0.15, -0.1) is 0 Å². The molecule has 1 heterocycles. The quantitative estimate of drug-likeness (QED) is 0.225. The van der Waals surface area contributed by atoms with Gasteiger partial charge in [0.2, 0.25) is 0 Å². The lowest BCUT2D eigenvalue weighted by Gasteiger charge is -2.17. The smallest absolute Gasteiger partial charge is 0.273 e. The summed E-state index contributed by atoms with van der Waals surface area (Å²) in [5.41, 5.74) is 2.70. The lowest BCUT2D eigenvalue weighted by atomic mass is 10.0. The number of methoxy groups -OCH3 is 2. The summed E-state index contributed by atoms with van der Waals surface area (Å²) >= 11 is 0. The SMILES string of the molecule is COc1cc(CCNc2c(F)cc3c(nc(CC(C)C)c(=O)n3Cc3ccc(C(C)C)cc3)c2F)cc(OC)c1. The normalized spacial score (nSPS) is 11.4. The summed E-state index contributed by atoms with van der Waals surface area (Å²) in [6.45, 7) is 8.61. The largest absolute Gasteiger partial charge is 0.497 e. The van der Waals surface area contributed by atoms with Gasteiger partial charge in [-0.2, -0.15) is 0 Å². The van der Waals surface area contributed by atoms with Crippen LogP contribution in [0.25, 0.3) is 11.0 Å². The molecule has 40 heavy (non-hydrogen) atoms. The average Bonchev–Trinajstić information content (AvgIpc) is 2.93. The highest BCUT2D eigenvalue weighted by Crippen LogP contribution is 2.28. The third-order valence-corrected chi connectivity index (χ3v) is 6.92. The third-order valence-electron chi connectivity index (χ3n) is 6.92. The first kappa shape index (κ1) is 29.1. The van der Waals surface area contributed by atoms with Crippen LogP contribution in [0.15, 0.2) is 53.3 Å². The fraction of sp³-hybridized carbons (Fsp3) is 0.375. The average molecular weight is 550 g/mol. The van der Waals surface area contributed by atoms with Gasteiger partial charge in [0.25, 0.3) is 5.56 Å². The van der Waals surface area contributed by atoms with Crippen molar-refractivity contribution in [3.05, 3.63) is 92.9 Å². The Hall–Kier alpha value is -3.94. The number of rotatable bonds is 11. The van der Waals surface area contributed by atoms with E-state index < -0.39 is 11.6 Å². The van der Waals surface area contributed by atoms with Gasteiger partial charge in [0.1, 0.15) is 28.4 Å². The first-order valence-corrected chi connectivity index (χ1v) is 13.6. The van der Waals surface area contributed by atoms with E-state index in [2.05, 4.69) is 24.1 Å². The van der Waals surface area contributed by atoms with Crippen molar-refractivity contribution < 1.29 is 18.3 Å². The van der Waals surface area contributed by atoms with Crippen molar-refractivity contribution in [2.75, 3.05) is 26.1 Å². The number of hydrogen-bond acceptors (Lipinski definition) is 5. The van der Waals surface area contributed by atoms with E-state index in [0.29, 0.717) is 30.3 Å². The Morgan fingerprint density at radius 1 is 0.925 bits per heavy atom. The van der Waals surface area contributed by atoms with Crippen molar-refractivity contribution in [3.63, 3.8) is 0 Å². The standard InChI is InChI=1S/C32H37F2N3O3/c1-19(2)13-27-32(38)37(18-21-7-9-23(10-8-21)20(3)4)28-17-26(33)30(29(34)31(28)36-27)35-12-11-22-14-24(39-5)16-25(15-22)40-6/h7-10,14-17,19-20,35H,11-13,18H2,1-6H3. The van der Waals surface area contributed by atoms with Crippen molar-refractivity contribution in [3.8, 4) is 11.5 Å². The van der Waals surface area contributed by atoms with E-state index in [4.69, 9.17) is 9.47 Å². The summed E-state index contributed by atoms with van der Waals surface area (Å²) in [6.07, 6.45) is 0.862. The maximum atomic E-state index is 15.9. The van der Waals surface area contributed by atoms with Gasteiger partial charge in [0.05, 0.1) is 26.3 Å². The minimum atomic E-state index is -0.813. The van der Waals surface area contributed by atoms with Crippen molar-refractivity contribution >= 4 is 16.7 Å².